The third-order valence-electron chi connectivity index (χ3n) is 4.65. The molecule has 1 aliphatic heterocycles. The van der Waals surface area contributed by atoms with Crippen molar-refractivity contribution >= 4 is 11.9 Å². The van der Waals surface area contributed by atoms with Crippen LogP contribution < -0.4 is 5.32 Å². The fraction of sp³-hybridized carbons (Fsp3) is 0.529. The van der Waals surface area contributed by atoms with Crippen LogP contribution in [0.25, 0.3) is 0 Å². The average molecular weight is 286 g/mol. The van der Waals surface area contributed by atoms with Crippen molar-refractivity contribution in [1.82, 2.24) is 10.2 Å². The Hall–Kier alpha value is -1.84. The van der Waals surface area contributed by atoms with E-state index < -0.39 is 5.54 Å². The number of rotatable bonds is 3. The Morgan fingerprint density at radius 3 is 2.29 bits per heavy atom. The molecule has 1 aromatic carbocycles. The Bertz CT molecular complexity index is 585. The minimum Gasteiger partial charge on any atom is -0.323 e. The van der Waals surface area contributed by atoms with Crippen LogP contribution in [0, 0.1) is 13.8 Å². The van der Waals surface area contributed by atoms with Gasteiger partial charge in [0.1, 0.15) is 5.54 Å². The molecule has 4 heteroatoms. The molecule has 112 valence electrons. The molecule has 0 radical (unpaired) electrons. The maximum Gasteiger partial charge on any atom is 0.325 e. The molecule has 1 unspecified atom stereocenters. The second-order valence-corrected chi connectivity index (χ2v) is 6.59. The van der Waals surface area contributed by atoms with Gasteiger partial charge in [0.2, 0.25) is 0 Å². The summed E-state index contributed by atoms with van der Waals surface area (Å²) >= 11 is 0. The minimum absolute atomic E-state index is 0.0318. The molecule has 1 saturated heterocycles. The number of carbonyl (C=O) groups excluding carboxylic acids is 2. The average Bonchev–Trinajstić information content (AvgIpc) is 2.59. The maximum atomic E-state index is 12.5. The first-order valence-electron chi connectivity index (χ1n) is 7.64. The van der Waals surface area contributed by atoms with Crippen LogP contribution in [0.3, 0.4) is 0 Å². The largest absolute Gasteiger partial charge is 0.325 e. The van der Waals surface area contributed by atoms with Crippen LogP contribution in [0.4, 0.5) is 4.79 Å². The van der Waals surface area contributed by atoms with Crippen molar-refractivity contribution in [2.75, 3.05) is 0 Å². The van der Waals surface area contributed by atoms with Gasteiger partial charge in [-0.15, -0.1) is 0 Å². The highest BCUT2D eigenvalue weighted by atomic mass is 16.2. The van der Waals surface area contributed by atoms with Crippen molar-refractivity contribution in [2.24, 2.45) is 0 Å². The third kappa shape index (κ3) is 2.33. The molecular formula is C17H22N2O2. The lowest BCUT2D eigenvalue weighted by molar-refractivity contribution is -0.135. The third-order valence-corrected chi connectivity index (χ3v) is 4.65. The fourth-order valence-electron chi connectivity index (χ4n) is 3.53. The highest BCUT2D eigenvalue weighted by Gasteiger charge is 2.55. The molecule has 3 rings (SSSR count). The van der Waals surface area contributed by atoms with Gasteiger partial charge >= 0.3 is 6.03 Å². The summed E-state index contributed by atoms with van der Waals surface area (Å²) in [6.45, 7) is 6.09. The molecule has 3 amide bonds. The van der Waals surface area contributed by atoms with E-state index in [9.17, 15) is 9.59 Å². The number of hydrogen-bond donors (Lipinski definition) is 1. The molecule has 1 atom stereocenters. The van der Waals surface area contributed by atoms with E-state index in [-0.39, 0.29) is 18.0 Å². The Kier molecular flexibility index (Phi) is 3.27. The smallest absolute Gasteiger partial charge is 0.323 e. The van der Waals surface area contributed by atoms with Gasteiger partial charge in [-0.1, -0.05) is 29.3 Å². The van der Waals surface area contributed by atoms with Crippen LogP contribution in [-0.2, 0) is 11.2 Å². The molecule has 1 saturated carbocycles. The summed E-state index contributed by atoms with van der Waals surface area (Å²) in [6.07, 6.45) is 3.29. The molecule has 1 spiro atoms. The molecular weight excluding hydrogens is 264 g/mol. The standard InChI is InChI=1S/C17H22N2O2/c1-11-7-12(2)9-14(8-11)10-13(3)19-15(20)17(5-4-6-17)18-16(19)21/h7-9,13H,4-6,10H2,1-3H3,(H,18,21). The molecule has 1 N–H and O–H groups in total. The zero-order valence-corrected chi connectivity index (χ0v) is 12.9. The predicted octanol–water partition coefficient (Wildman–Crippen LogP) is 2.71. The quantitative estimate of drug-likeness (QED) is 0.869. The van der Waals surface area contributed by atoms with Gasteiger partial charge in [-0.2, -0.15) is 0 Å². The second kappa shape index (κ2) is 4.86. The van der Waals surface area contributed by atoms with Crippen LogP contribution in [0.1, 0.15) is 42.9 Å². The first-order valence-corrected chi connectivity index (χ1v) is 7.64. The van der Waals surface area contributed by atoms with E-state index in [2.05, 4.69) is 37.4 Å². The highest BCUT2D eigenvalue weighted by molar-refractivity contribution is 6.07. The van der Waals surface area contributed by atoms with Crippen molar-refractivity contribution in [3.05, 3.63) is 34.9 Å². The van der Waals surface area contributed by atoms with Crippen molar-refractivity contribution in [1.29, 1.82) is 0 Å². The Morgan fingerprint density at radius 2 is 1.81 bits per heavy atom. The van der Waals surface area contributed by atoms with Gasteiger partial charge in [0.05, 0.1) is 0 Å². The number of carbonyl (C=O) groups is 2. The van der Waals surface area contributed by atoms with Gasteiger partial charge in [-0.25, -0.2) is 4.79 Å². The lowest BCUT2D eigenvalue weighted by Crippen LogP contribution is -2.53. The molecule has 1 aliphatic carbocycles. The molecule has 1 aromatic rings. The van der Waals surface area contributed by atoms with Gasteiger partial charge in [-0.3, -0.25) is 9.69 Å². The fourth-order valence-corrected chi connectivity index (χ4v) is 3.53. The molecule has 2 fully saturated rings. The lowest BCUT2D eigenvalue weighted by atomic mass is 9.77. The zero-order chi connectivity index (χ0) is 15.2. The summed E-state index contributed by atoms with van der Waals surface area (Å²) in [5, 5.41) is 2.89. The van der Waals surface area contributed by atoms with Crippen LogP contribution in [0.2, 0.25) is 0 Å². The van der Waals surface area contributed by atoms with E-state index in [4.69, 9.17) is 0 Å². The predicted molar refractivity (Wildman–Crippen MR) is 81.0 cm³/mol. The summed E-state index contributed by atoms with van der Waals surface area (Å²) in [5.41, 5.74) is 3.03. The summed E-state index contributed by atoms with van der Waals surface area (Å²) in [5.74, 6) is -0.0318. The molecule has 4 nitrogen and oxygen atoms in total. The number of urea groups is 1. The number of aryl methyl sites for hydroxylation is 2. The van der Waals surface area contributed by atoms with Gasteiger partial charge in [0.15, 0.2) is 0 Å². The number of amides is 3. The summed E-state index contributed by atoms with van der Waals surface area (Å²) < 4.78 is 0. The number of imide groups is 1. The number of hydrogen-bond acceptors (Lipinski definition) is 2. The minimum atomic E-state index is -0.576. The van der Waals surface area contributed by atoms with Crippen molar-refractivity contribution in [3.63, 3.8) is 0 Å². The van der Waals surface area contributed by atoms with Crippen LogP contribution in [0.5, 0.6) is 0 Å². The number of nitrogens with one attached hydrogen (secondary N) is 1. The molecule has 0 aromatic heterocycles. The Labute approximate surface area is 125 Å². The van der Waals surface area contributed by atoms with Crippen molar-refractivity contribution in [3.8, 4) is 0 Å². The zero-order valence-electron chi connectivity index (χ0n) is 12.9. The van der Waals surface area contributed by atoms with E-state index in [0.29, 0.717) is 6.42 Å². The van der Waals surface area contributed by atoms with Crippen LogP contribution in [0.15, 0.2) is 18.2 Å². The van der Waals surface area contributed by atoms with Crippen LogP contribution >= 0.6 is 0 Å². The van der Waals surface area contributed by atoms with Crippen molar-refractivity contribution < 1.29 is 9.59 Å². The lowest BCUT2D eigenvalue weighted by Gasteiger charge is -2.35. The monoisotopic (exact) mass is 286 g/mol. The molecule has 2 aliphatic rings. The van der Waals surface area contributed by atoms with Gasteiger partial charge in [-0.05, 0) is 52.0 Å². The number of benzene rings is 1. The van der Waals surface area contributed by atoms with Gasteiger partial charge in [0.25, 0.3) is 5.91 Å². The van der Waals surface area contributed by atoms with E-state index in [1.54, 1.807) is 0 Å². The second-order valence-electron chi connectivity index (χ2n) is 6.59. The van der Waals surface area contributed by atoms with E-state index >= 15 is 0 Å². The van der Waals surface area contributed by atoms with E-state index in [1.807, 2.05) is 6.92 Å². The SMILES string of the molecule is Cc1cc(C)cc(CC(C)N2C(=O)NC3(CCC3)C2=O)c1. The normalized spacial score (nSPS) is 21.4. The Balaban J connectivity index is 1.77. The van der Waals surface area contributed by atoms with E-state index in [0.717, 1.165) is 19.3 Å². The Morgan fingerprint density at radius 1 is 1.19 bits per heavy atom. The van der Waals surface area contributed by atoms with Crippen molar-refractivity contribution in [2.45, 2.75) is 58.0 Å². The summed E-state index contributed by atoms with van der Waals surface area (Å²) in [7, 11) is 0. The van der Waals surface area contributed by atoms with Gasteiger partial charge < -0.3 is 5.32 Å². The molecule has 0 bridgehead atoms. The summed E-state index contributed by atoms with van der Waals surface area (Å²) in [6, 6.07) is 6.04. The van der Waals surface area contributed by atoms with Crippen LogP contribution in [-0.4, -0.2) is 28.4 Å². The first-order chi connectivity index (χ1) is 9.91. The first kappa shape index (κ1) is 14.1. The topological polar surface area (TPSA) is 49.4 Å². The highest BCUT2D eigenvalue weighted by Crippen LogP contribution is 2.38. The molecule has 21 heavy (non-hydrogen) atoms. The van der Waals surface area contributed by atoms with Gasteiger partial charge in [0, 0.05) is 6.04 Å². The van der Waals surface area contributed by atoms with E-state index in [1.165, 1.54) is 21.6 Å². The maximum absolute atomic E-state index is 12.5. The molecule has 1 heterocycles. The number of nitrogens with zero attached hydrogens (tertiary/aromatic N) is 1. The summed E-state index contributed by atoms with van der Waals surface area (Å²) in [4.78, 5) is 26.1.